The fourth-order valence-corrected chi connectivity index (χ4v) is 5.40. The van der Waals surface area contributed by atoms with Gasteiger partial charge in [-0.2, -0.15) is 0 Å². The summed E-state index contributed by atoms with van der Waals surface area (Å²) in [5, 5.41) is 1.90. The van der Waals surface area contributed by atoms with Crippen LogP contribution in [0.3, 0.4) is 0 Å². The molecule has 2 aliphatic rings. The molecule has 0 aromatic heterocycles. The Balaban J connectivity index is 1.23. The Morgan fingerprint density at radius 1 is 1.03 bits per heavy atom. The minimum Gasteiger partial charge on any atom is -0.488 e. The number of benzene rings is 3. The molecule has 36 heavy (non-hydrogen) atoms. The van der Waals surface area contributed by atoms with Crippen LogP contribution in [0.25, 0.3) is 16.8 Å². The van der Waals surface area contributed by atoms with Crippen LogP contribution in [-0.2, 0) is 20.9 Å². The smallest absolute Gasteiger partial charge is 0.294 e. The van der Waals surface area contributed by atoms with Crippen LogP contribution >= 0.6 is 27.7 Å². The minimum atomic E-state index is -0.459. The van der Waals surface area contributed by atoms with E-state index in [4.69, 9.17) is 9.47 Å². The van der Waals surface area contributed by atoms with Crippen molar-refractivity contribution in [1.29, 1.82) is 0 Å². The van der Waals surface area contributed by atoms with Crippen LogP contribution in [0.5, 0.6) is 5.75 Å². The summed E-state index contributed by atoms with van der Waals surface area (Å²) in [6.07, 6.45) is 1.65. The first-order valence-electron chi connectivity index (χ1n) is 11.5. The SMILES string of the molecule is O=C(CN1C(=O)S/C(=C/c2ccc(OCc3ccc4ccccc4c3)c(Br)c2)C1=O)N1CCOCC1. The van der Waals surface area contributed by atoms with Crippen molar-refractivity contribution < 1.29 is 23.9 Å². The number of ether oxygens (including phenoxy) is 2. The predicted octanol–water partition coefficient (Wildman–Crippen LogP) is 5.08. The molecule has 0 bridgehead atoms. The number of rotatable bonds is 6. The van der Waals surface area contributed by atoms with E-state index in [2.05, 4.69) is 40.2 Å². The number of morpholine rings is 1. The molecule has 2 heterocycles. The van der Waals surface area contributed by atoms with Gasteiger partial charge < -0.3 is 14.4 Å². The van der Waals surface area contributed by atoms with Crippen LogP contribution in [0.2, 0.25) is 0 Å². The van der Waals surface area contributed by atoms with E-state index in [0.717, 1.165) is 37.6 Å². The van der Waals surface area contributed by atoms with Gasteiger partial charge in [0.15, 0.2) is 0 Å². The van der Waals surface area contributed by atoms with Crippen LogP contribution in [0.4, 0.5) is 4.79 Å². The fraction of sp³-hybridized carbons (Fsp3) is 0.222. The largest absolute Gasteiger partial charge is 0.488 e. The first kappa shape index (κ1) is 24.5. The summed E-state index contributed by atoms with van der Waals surface area (Å²) >= 11 is 4.38. The van der Waals surface area contributed by atoms with Crippen LogP contribution in [-0.4, -0.2) is 59.7 Å². The van der Waals surface area contributed by atoms with Gasteiger partial charge in [0.1, 0.15) is 18.9 Å². The van der Waals surface area contributed by atoms with Crippen molar-refractivity contribution >= 4 is 61.6 Å². The van der Waals surface area contributed by atoms with Crippen molar-refractivity contribution in [1.82, 2.24) is 9.80 Å². The van der Waals surface area contributed by atoms with Gasteiger partial charge in [0.25, 0.3) is 11.1 Å². The van der Waals surface area contributed by atoms with Crippen molar-refractivity contribution in [3.63, 3.8) is 0 Å². The van der Waals surface area contributed by atoms with Gasteiger partial charge in [0.05, 0.1) is 22.6 Å². The highest BCUT2D eigenvalue weighted by Gasteiger charge is 2.37. The summed E-state index contributed by atoms with van der Waals surface area (Å²) in [6.45, 7) is 2.02. The maximum Gasteiger partial charge on any atom is 0.294 e. The number of imide groups is 1. The molecule has 9 heteroatoms. The number of carbonyl (C=O) groups excluding carboxylic acids is 3. The van der Waals surface area contributed by atoms with Crippen molar-refractivity contribution in [2.45, 2.75) is 6.61 Å². The first-order chi connectivity index (χ1) is 17.5. The highest BCUT2D eigenvalue weighted by molar-refractivity contribution is 9.10. The first-order valence-corrected chi connectivity index (χ1v) is 13.1. The summed E-state index contributed by atoms with van der Waals surface area (Å²) in [5.74, 6) is -0.0404. The molecule has 184 valence electrons. The second kappa shape index (κ2) is 10.9. The van der Waals surface area contributed by atoms with Crippen molar-refractivity contribution in [3.05, 3.63) is 81.2 Å². The summed E-state index contributed by atoms with van der Waals surface area (Å²) in [4.78, 5) is 40.7. The summed E-state index contributed by atoms with van der Waals surface area (Å²) in [7, 11) is 0. The van der Waals surface area contributed by atoms with Crippen LogP contribution in [0, 0.1) is 0 Å². The van der Waals surface area contributed by atoms with Crippen molar-refractivity contribution in [2.75, 3.05) is 32.8 Å². The monoisotopic (exact) mass is 566 g/mol. The Hall–Kier alpha value is -3.14. The van der Waals surface area contributed by atoms with Crippen molar-refractivity contribution in [2.24, 2.45) is 0 Å². The topological polar surface area (TPSA) is 76.2 Å². The van der Waals surface area contributed by atoms with E-state index in [1.54, 1.807) is 11.0 Å². The Kier molecular flexibility index (Phi) is 7.41. The summed E-state index contributed by atoms with van der Waals surface area (Å²) < 4.78 is 12.0. The Bertz CT molecular complexity index is 1370. The number of carbonyl (C=O) groups is 3. The highest BCUT2D eigenvalue weighted by Crippen LogP contribution is 2.34. The van der Waals surface area contributed by atoms with E-state index in [9.17, 15) is 14.4 Å². The molecule has 2 fully saturated rings. The van der Waals surface area contributed by atoms with E-state index in [1.807, 2.05) is 36.4 Å². The lowest BCUT2D eigenvalue weighted by Crippen LogP contribution is -2.46. The van der Waals surface area contributed by atoms with Crippen LogP contribution in [0.15, 0.2) is 70.0 Å². The number of amides is 3. The molecule has 0 unspecified atom stereocenters. The Morgan fingerprint density at radius 3 is 2.58 bits per heavy atom. The zero-order valence-corrected chi connectivity index (χ0v) is 21.7. The van der Waals surface area contributed by atoms with E-state index in [0.29, 0.717) is 38.7 Å². The maximum atomic E-state index is 12.8. The van der Waals surface area contributed by atoms with Gasteiger partial charge in [-0.1, -0.05) is 42.5 Å². The lowest BCUT2D eigenvalue weighted by Gasteiger charge is -2.28. The van der Waals surface area contributed by atoms with Crippen molar-refractivity contribution in [3.8, 4) is 5.75 Å². The molecule has 0 N–H and O–H groups in total. The van der Waals surface area contributed by atoms with Gasteiger partial charge in [0.2, 0.25) is 5.91 Å². The van der Waals surface area contributed by atoms with Crippen LogP contribution in [0.1, 0.15) is 11.1 Å². The molecule has 5 rings (SSSR count). The molecule has 0 spiro atoms. The fourth-order valence-electron chi connectivity index (χ4n) is 4.05. The molecule has 3 aromatic rings. The molecule has 0 aliphatic carbocycles. The third kappa shape index (κ3) is 5.48. The third-order valence-electron chi connectivity index (χ3n) is 5.99. The number of halogens is 1. The number of thioether (sulfide) groups is 1. The predicted molar refractivity (Wildman–Crippen MR) is 142 cm³/mol. The highest BCUT2D eigenvalue weighted by atomic mass is 79.9. The average molecular weight is 567 g/mol. The molecule has 3 aromatic carbocycles. The molecule has 0 radical (unpaired) electrons. The van der Waals surface area contributed by atoms with Crippen LogP contribution < -0.4 is 4.74 Å². The molecule has 3 amide bonds. The number of hydrogen-bond acceptors (Lipinski definition) is 6. The van der Waals surface area contributed by atoms with Gasteiger partial charge in [-0.25, -0.2) is 0 Å². The quantitative estimate of drug-likeness (QED) is 0.387. The van der Waals surface area contributed by atoms with Gasteiger partial charge in [0, 0.05) is 13.1 Å². The third-order valence-corrected chi connectivity index (χ3v) is 7.52. The maximum absolute atomic E-state index is 12.8. The number of fused-ring (bicyclic) bond motifs is 1. The van der Waals surface area contributed by atoms with E-state index in [-0.39, 0.29) is 17.4 Å². The standard InChI is InChI=1S/C27H23BrN2O5S/c28-22-14-18(6-8-23(22)35-17-19-5-7-20-3-1-2-4-21(20)13-19)15-24-26(32)30(27(33)36-24)16-25(31)29-9-11-34-12-10-29/h1-8,13-15H,9-12,16-17H2/b24-15+. The Morgan fingerprint density at radius 2 is 1.81 bits per heavy atom. The number of nitrogens with zero attached hydrogens (tertiary/aromatic N) is 2. The molecule has 2 aliphatic heterocycles. The van der Waals surface area contributed by atoms with Gasteiger partial charge >= 0.3 is 0 Å². The number of hydrogen-bond donors (Lipinski definition) is 0. The molecular weight excluding hydrogens is 544 g/mol. The second-order valence-corrected chi connectivity index (χ2v) is 10.3. The zero-order chi connectivity index (χ0) is 25.1. The van der Waals surface area contributed by atoms with E-state index < -0.39 is 11.1 Å². The van der Waals surface area contributed by atoms with Gasteiger partial charge in [-0.05, 0) is 73.9 Å². The summed E-state index contributed by atoms with van der Waals surface area (Å²) in [6, 6.07) is 19.9. The normalized spacial score (nSPS) is 17.3. The van der Waals surface area contributed by atoms with E-state index >= 15 is 0 Å². The van der Waals surface area contributed by atoms with Gasteiger partial charge in [-0.15, -0.1) is 0 Å². The minimum absolute atomic E-state index is 0.252. The molecule has 7 nitrogen and oxygen atoms in total. The lowest BCUT2D eigenvalue weighted by atomic mass is 10.1. The molecule has 0 atom stereocenters. The molecular formula is C27H23BrN2O5S. The molecule has 2 saturated heterocycles. The zero-order valence-electron chi connectivity index (χ0n) is 19.3. The van der Waals surface area contributed by atoms with E-state index in [1.165, 1.54) is 5.39 Å². The Labute approximate surface area is 221 Å². The lowest BCUT2D eigenvalue weighted by molar-refractivity contribution is -0.139. The summed E-state index contributed by atoms with van der Waals surface area (Å²) in [5.41, 5.74) is 1.80. The second-order valence-electron chi connectivity index (χ2n) is 8.42. The van der Waals surface area contributed by atoms with Gasteiger partial charge in [-0.3, -0.25) is 19.3 Å². The average Bonchev–Trinajstić information content (AvgIpc) is 3.15. The molecule has 0 saturated carbocycles.